The summed E-state index contributed by atoms with van der Waals surface area (Å²) in [7, 11) is 1.77. The third kappa shape index (κ3) is 5.96. The van der Waals surface area contributed by atoms with Gasteiger partial charge in [0.15, 0.2) is 11.6 Å². The molecule has 0 aromatic heterocycles. The van der Waals surface area contributed by atoms with Gasteiger partial charge in [-0.25, -0.2) is 9.18 Å². The van der Waals surface area contributed by atoms with E-state index >= 15 is 0 Å². The molecular weight excluding hydrogens is 357 g/mol. The van der Waals surface area contributed by atoms with Gasteiger partial charge in [-0.3, -0.25) is 4.90 Å². The molecule has 2 amide bonds. The van der Waals surface area contributed by atoms with E-state index < -0.39 is 0 Å². The molecule has 1 atom stereocenters. The predicted octanol–water partition coefficient (Wildman–Crippen LogP) is 3.51. The van der Waals surface area contributed by atoms with E-state index in [0.29, 0.717) is 19.6 Å². The summed E-state index contributed by atoms with van der Waals surface area (Å²) in [6.07, 6.45) is 1.60. The normalized spacial score (nSPS) is 16.7. The van der Waals surface area contributed by atoms with Crippen LogP contribution in [-0.2, 0) is 6.54 Å². The fourth-order valence-corrected chi connectivity index (χ4v) is 3.37. The Kier molecular flexibility index (Phi) is 7.25. The Labute approximate surface area is 166 Å². The monoisotopic (exact) mass is 385 g/mol. The molecule has 6 heteroatoms. The van der Waals surface area contributed by atoms with E-state index in [-0.39, 0.29) is 23.6 Å². The van der Waals surface area contributed by atoms with Gasteiger partial charge in [0.25, 0.3) is 0 Å². The lowest BCUT2D eigenvalue weighted by atomic mass is 10.2. The highest BCUT2D eigenvalue weighted by atomic mass is 19.1. The van der Waals surface area contributed by atoms with Crippen molar-refractivity contribution in [3.8, 4) is 5.75 Å². The van der Waals surface area contributed by atoms with Gasteiger partial charge < -0.3 is 15.0 Å². The van der Waals surface area contributed by atoms with E-state index in [9.17, 15) is 9.18 Å². The lowest BCUT2D eigenvalue weighted by Crippen LogP contribution is -2.44. The third-order valence-corrected chi connectivity index (χ3v) is 4.93. The van der Waals surface area contributed by atoms with E-state index in [1.54, 1.807) is 30.1 Å². The Morgan fingerprint density at radius 3 is 2.75 bits per heavy atom. The summed E-state index contributed by atoms with van der Waals surface area (Å²) in [5.74, 6) is -0.117. The van der Waals surface area contributed by atoms with Crippen molar-refractivity contribution in [2.45, 2.75) is 25.4 Å². The number of halogens is 1. The van der Waals surface area contributed by atoms with Gasteiger partial charge >= 0.3 is 6.03 Å². The topological polar surface area (TPSA) is 44.8 Å². The molecule has 1 fully saturated rings. The first kappa shape index (κ1) is 20.1. The van der Waals surface area contributed by atoms with Crippen molar-refractivity contribution >= 4 is 6.03 Å². The predicted molar refractivity (Wildman–Crippen MR) is 108 cm³/mol. The number of benzene rings is 2. The van der Waals surface area contributed by atoms with Crippen LogP contribution in [0.15, 0.2) is 54.6 Å². The lowest BCUT2D eigenvalue weighted by Gasteiger charge is -2.21. The van der Waals surface area contributed by atoms with E-state index in [2.05, 4.69) is 34.5 Å². The summed E-state index contributed by atoms with van der Waals surface area (Å²) in [6, 6.07) is 16.8. The number of hydrogen-bond acceptors (Lipinski definition) is 3. The van der Waals surface area contributed by atoms with Crippen molar-refractivity contribution in [3.63, 3.8) is 0 Å². The number of urea groups is 1. The minimum atomic E-state index is -0.366. The van der Waals surface area contributed by atoms with Crippen molar-refractivity contribution in [2.75, 3.05) is 33.3 Å². The van der Waals surface area contributed by atoms with Crippen molar-refractivity contribution in [1.82, 2.24) is 15.1 Å². The molecular formula is C22H28FN3O2. The van der Waals surface area contributed by atoms with Crippen molar-refractivity contribution in [3.05, 3.63) is 66.0 Å². The van der Waals surface area contributed by atoms with Crippen LogP contribution in [0.1, 0.15) is 18.4 Å². The van der Waals surface area contributed by atoms with Crippen LogP contribution >= 0.6 is 0 Å². The number of amides is 2. The van der Waals surface area contributed by atoms with E-state index in [1.807, 2.05) is 6.07 Å². The van der Waals surface area contributed by atoms with Crippen LogP contribution in [0.4, 0.5) is 9.18 Å². The van der Waals surface area contributed by atoms with Gasteiger partial charge in [0, 0.05) is 39.3 Å². The zero-order valence-corrected chi connectivity index (χ0v) is 16.3. The molecule has 1 saturated heterocycles. The zero-order valence-electron chi connectivity index (χ0n) is 16.3. The van der Waals surface area contributed by atoms with Crippen LogP contribution in [0, 0.1) is 5.82 Å². The molecule has 28 heavy (non-hydrogen) atoms. The average Bonchev–Trinajstić information content (AvgIpc) is 3.13. The smallest absolute Gasteiger partial charge is 0.317 e. The largest absolute Gasteiger partial charge is 0.490 e. The SMILES string of the molecule is CN(CCCOc1ccccc1F)C(=O)NC1CCN(Cc2ccccc2)C1. The highest BCUT2D eigenvalue weighted by Crippen LogP contribution is 2.16. The summed E-state index contributed by atoms with van der Waals surface area (Å²) in [5, 5.41) is 3.11. The minimum Gasteiger partial charge on any atom is -0.490 e. The maximum atomic E-state index is 13.5. The summed E-state index contributed by atoms with van der Waals surface area (Å²) >= 11 is 0. The quantitative estimate of drug-likeness (QED) is 0.708. The molecule has 1 heterocycles. The first-order valence-electron chi connectivity index (χ1n) is 9.77. The van der Waals surface area contributed by atoms with Gasteiger partial charge in [-0.05, 0) is 30.5 Å². The second-order valence-corrected chi connectivity index (χ2v) is 7.21. The van der Waals surface area contributed by atoms with Crippen molar-refractivity contribution in [2.24, 2.45) is 0 Å². The van der Waals surface area contributed by atoms with Gasteiger partial charge in [0.05, 0.1) is 6.61 Å². The Morgan fingerprint density at radius 1 is 1.21 bits per heavy atom. The number of hydrogen-bond donors (Lipinski definition) is 1. The van der Waals surface area contributed by atoms with Crippen molar-refractivity contribution in [1.29, 1.82) is 0 Å². The third-order valence-electron chi connectivity index (χ3n) is 4.93. The molecule has 1 aliphatic rings. The number of para-hydroxylation sites is 1. The van der Waals surface area contributed by atoms with Crippen LogP contribution in [0.2, 0.25) is 0 Å². The van der Waals surface area contributed by atoms with E-state index in [0.717, 1.165) is 26.1 Å². The summed E-state index contributed by atoms with van der Waals surface area (Å²) in [6.45, 7) is 3.69. The summed E-state index contributed by atoms with van der Waals surface area (Å²) in [5.41, 5.74) is 1.29. The number of likely N-dealkylation sites (tertiary alicyclic amines) is 1. The van der Waals surface area contributed by atoms with Gasteiger partial charge in [-0.1, -0.05) is 42.5 Å². The molecule has 2 aromatic rings. The zero-order chi connectivity index (χ0) is 19.8. The Balaban J connectivity index is 1.33. The number of rotatable bonds is 8. The van der Waals surface area contributed by atoms with Crippen molar-refractivity contribution < 1.29 is 13.9 Å². The highest BCUT2D eigenvalue weighted by Gasteiger charge is 2.24. The Bertz CT molecular complexity index is 756. The van der Waals surface area contributed by atoms with Crippen LogP contribution in [0.25, 0.3) is 0 Å². The maximum Gasteiger partial charge on any atom is 0.317 e. The first-order valence-corrected chi connectivity index (χ1v) is 9.77. The molecule has 0 spiro atoms. The highest BCUT2D eigenvalue weighted by molar-refractivity contribution is 5.74. The molecule has 1 aliphatic heterocycles. The molecule has 150 valence electrons. The van der Waals surface area contributed by atoms with Gasteiger partial charge in [-0.2, -0.15) is 0 Å². The number of carbonyl (C=O) groups excluding carboxylic acids is 1. The van der Waals surface area contributed by atoms with Gasteiger partial charge in [0.2, 0.25) is 0 Å². The lowest BCUT2D eigenvalue weighted by molar-refractivity contribution is 0.198. The molecule has 2 aromatic carbocycles. The molecule has 1 N–H and O–H groups in total. The molecule has 5 nitrogen and oxygen atoms in total. The fraction of sp³-hybridized carbons (Fsp3) is 0.409. The van der Waals surface area contributed by atoms with Crippen LogP contribution in [0.3, 0.4) is 0 Å². The summed E-state index contributed by atoms with van der Waals surface area (Å²) in [4.78, 5) is 16.4. The average molecular weight is 385 g/mol. The van der Waals surface area contributed by atoms with Gasteiger partial charge in [-0.15, -0.1) is 0 Å². The van der Waals surface area contributed by atoms with E-state index in [4.69, 9.17) is 4.74 Å². The number of nitrogens with one attached hydrogen (secondary N) is 1. The maximum absolute atomic E-state index is 13.5. The second-order valence-electron chi connectivity index (χ2n) is 7.21. The molecule has 0 bridgehead atoms. The number of nitrogens with zero attached hydrogens (tertiary/aromatic N) is 2. The van der Waals surface area contributed by atoms with E-state index in [1.165, 1.54) is 11.6 Å². The van der Waals surface area contributed by atoms with Crippen LogP contribution in [-0.4, -0.2) is 55.2 Å². The Hall–Kier alpha value is -2.60. The molecule has 0 radical (unpaired) electrons. The fourth-order valence-electron chi connectivity index (χ4n) is 3.37. The van der Waals surface area contributed by atoms with Gasteiger partial charge in [0.1, 0.15) is 0 Å². The summed E-state index contributed by atoms with van der Waals surface area (Å²) < 4.78 is 18.9. The second kappa shape index (κ2) is 10.1. The number of ether oxygens (including phenoxy) is 1. The van der Waals surface area contributed by atoms with Crippen LogP contribution < -0.4 is 10.1 Å². The number of carbonyl (C=O) groups is 1. The first-order chi connectivity index (χ1) is 13.6. The molecule has 0 aliphatic carbocycles. The standard InChI is InChI=1S/C22H28FN3O2/c1-25(13-7-15-28-21-11-6-5-10-20(21)23)22(27)24-19-12-14-26(17-19)16-18-8-3-2-4-9-18/h2-6,8-11,19H,7,12-17H2,1H3,(H,24,27). The molecule has 0 saturated carbocycles. The Morgan fingerprint density at radius 2 is 1.96 bits per heavy atom. The molecule has 3 rings (SSSR count). The van der Waals surface area contributed by atoms with Crippen LogP contribution in [0.5, 0.6) is 5.75 Å². The molecule has 1 unspecified atom stereocenters. The minimum absolute atomic E-state index is 0.0718.